The fourth-order valence-electron chi connectivity index (χ4n) is 5.27. The van der Waals surface area contributed by atoms with Gasteiger partial charge in [0.1, 0.15) is 22.4 Å². The van der Waals surface area contributed by atoms with Crippen molar-refractivity contribution in [3.8, 4) is 5.75 Å². The molecule has 5 heterocycles. The largest absolute Gasteiger partial charge is 0.497 e. The van der Waals surface area contributed by atoms with Crippen molar-refractivity contribution < 1.29 is 23.5 Å². The minimum Gasteiger partial charge on any atom is -0.497 e. The number of nitrogens with zero attached hydrogens (tertiary/aromatic N) is 4. The molecule has 37 heavy (non-hydrogen) atoms. The number of hydrogen-bond acceptors (Lipinski definition) is 7. The van der Waals surface area contributed by atoms with Crippen LogP contribution in [0.3, 0.4) is 0 Å². The van der Waals surface area contributed by atoms with Crippen LogP contribution in [0.15, 0.2) is 47.0 Å². The maximum atomic E-state index is 13.2. The standard InChI is InChI=1S/C27H25N5O5/c1-15-12-28-31(2)21(15)8-17-5-7-22-20(29-17)10-23(37-22)27(11-24(33)30-26(27)35)14-32-13-16-4-6-18(36-3)9-19(16)25(32)34/h4-7,9-10,12H,8,11,13-14H2,1-3H3,(H,30,33,35)/t27-/m1/s1. The Kier molecular flexibility index (Phi) is 5.15. The number of ether oxygens (including phenoxy) is 1. The maximum absolute atomic E-state index is 13.2. The summed E-state index contributed by atoms with van der Waals surface area (Å²) >= 11 is 0. The highest BCUT2D eigenvalue weighted by atomic mass is 16.5. The lowest BCUT2D eigenvalue weighted by molar-refractivity contribution is -0.127. The third-order valence-electron chi connectivity index (χ3n) is 7.33. The van der Waals surface area contributed by atoms with Gasteiger partial charge >= 0.3 is 0 Å². The quantitative estimate of drug-likeness (QED) is 0.405. The number of nitrogens with one attached hydrogen (secondary N) is 1. The molecule has 1 saturated heterocycles. The molecule has 1 fully saturated rings. The summed E-state index contributed by atoms with van der Waals surface area (Å²) in [5, 5.41) is 6.70. The Morgan fingerprint density at radius 3 is 2.70 bits per heavy atom. The smallest absolute Gasteiger partial charge is 0.254 e. The molecule has 3 aromatic heterocycles. The molecule has 10 nitrogen and oxygen atoms in total. The minimum atomic E-state index is -1.35. The van der Waals surface area contributed by atoms with Gasteiger partial charge < -0.3 is 14.1 Å². The number of fused-ring (bicyclic) bond motifs is 2. The van der Waals surface area contributed by atoms with Crippen LogP contribution in [0.25, 0.3) is 11.1 Å². The molecule has 0 saturated carbocycles. The minimum absolute atomic E-state index is 0.00129. The van der Waals surface area contributed by atoms with Gasteiger partial charge in [-0.15, -0.1) is 0 Å². The van der Waals surface area contributed by atoms with Crippen molar-refractivity contribution in [1.82, 2.24) is 25.0 Å². The number of amides is 3. The summed E-state index contributed by atoms with van der Waals surface area (Å²) in [5.41, 5.74) is 4.06. The van der Waals surface area contributed by atoms with Crippen molar-refractivity contribution in [1.29, 1.82) is 0 Å². The van der Waals surface area contributed by atoms with Crippen LogP contribution in [0.1, 0.15) is 45.1 Å². The van der Waals surface area contributed by atoms with Crippen molar-refractivity contribution in [2.24, 2.45) is 7.05 Å². The Hall–Kier alpha value is -4.47. The van der Waals surface area contributed by atoms with E-state index in [1.165, 1.54) is 0 Å². The first kappa shape index (κ1) is 23.0. The molecule has 2 aliphatic heterocycles. The predicted molar refractivity (Wildman–Crippen MR) is 132 cm³/mol. The molecule has 0 spiro atoms. The number of carbonyl (C=O) groups is 3. The zero-order valence-corrected chi connectivity index (χ0v) is 20.7. The summed E-state index contributed by atoms with van der Waals surface area (Å²) < 4.78 is 13.2. The summed E-state index contributed by atoms with van der Waals surface area (Å²) in [6, 6.07) is 10.7. The number of pyridine rings is 1. The lowest BCUT2D eigenvalue weighted by Crippen LogP contribution is -2.46. The van der Waals surface area contributed by atoms with E-state index in [1.54, 1.807) is 30.2 Å². The van der Waals surface area contributed by atoms with E-state index in [9.17, 15) is 14.4 Å². The van der Waals surface area contributed by atoms with E-state index in [4.69, 9.17) is 14.1 Å². The first-order chi connectivity index (χ1) is 17.8. The second kappa shape index (κ2) is 8.29. The lowest BCUT2D eigenvalue weighted by Gasteiger charge is -2.28. The zero-order chi connectivity index (χ0) is 25.9. The number of furan rings is 1. The molecule has 0 unspecified atom stereocenters. The molecule has 188 valence electrons. The van der Waals surface area contributed by atoms with Crippen molar-refractivity contribution in [3.63, 3.8) is 0 Å². The molecule has 0 radical (unpaired) electrons. The number of carbonyl (C=O) groups excluding carboxylic acids is 3. The monoisotopic (exact) mass is 499 g/mol. The number of hydrogen-bond donors (Lipinski definition) is 1. The van der Waals surface area contributed by atoms with Gasteiger partial charge in [-0.05, 0) is 42.3 Å². The van der Waals surface area contributed by atoms with Crippen molar-refractivity contribution in [2.75, 3.05) is 13.7 Å². The number of rotatable bonds is 6. The average molecular weight is 500 g/mol. The van der Waals surface area contributed by atoms with Crippen LogP contribution in [0.4, 0.5) is 0 Å². The first-order valence-electron chi connectivity index (χ1n) is 12.0. The van der Waals surface area contributed by atoms with E-state index in [0.29, 0.717) is 41.1 Å². The Bertz CT molecular complexity index is 1580. The first-order valence-corrected chi connectivity index (χ1v) is 12.0. The van der Waals surface area contributed by atoms with Gasteiger partial charge in [-0.2, -0.15) is 5.10 Å². The third kappa shape index (κ3) is 3.67. The van der Waals surface area contributed by atoms with Crippen LogP contribution in [0.5, 0.6) is 5.75 Å². The van der Waals surface area contributed by atoms with Crippen molar-refractivity contribution in [2.45, 2.75) is 31.7 Å². The molecule has 6 rings (SSSR count). The van der Waals surface area contributed by atoms with Crippen molar-refractivity contribution >= 4 is 28.8 Å². The second-order valence-electron chi connectivity index (χ2n) is 9.69. The van der Waals surface area contributed by atoms with Gasteiger partial charge in [-0.1, -0.05) is 6.07 Å². The molecule has 0 bridgehead atoms. The molecule has 1 N–H and O–H groups in total. The number of benzene rings is 1. The topological polar surface area (TPSA) is 120 Å². The van der Waals surface area contributed by atoms with Gasteiger partial charge in [0.05, 0.1) is 19.7 Å². The molecular weight excluding hydrogens is 474 g/mol. The van der Waals surface area contributed by atoms with E-state index in [-0.39, 0.29) is 18.9 Å². The van der Waals surface area contributed by atoms with Crippen LogP contribution in [-0.2, 0) is 35.0 Å². The Labute approximate surface area is 212 Å². The number of methoxy groups -OCH3 is 1. The molecule has 0 aliphatic carbocycles. The van der Waals surface area contributed by atoms with Crippen LogP contribution in [0.2, 0.25) is 0 Å². The van der Waals surface area contributed by atoms with Crippen molar-refractivity contribution in [3.05, 3.63) is 76.4 Å². The van der Waals surface area contributed by atoms with Gasteiger partial charge in [-0.25, -0.2) is 4.98 Å². The summed E-state index contributed by atoms with van der Waals surface area (Å²) in [4.78, 5) is 45.2. The Balaban J connectivity index is 1.35. The molecular formula is C27H25N5O5. The highest BCUT2D eigenvalue weighted by Crippen LogP contribution is 2.39. The van der Waals surface area contributed by atoms with E-state index >= 15 is 0 Å². The van der Waals surface area contributed by atoms with E-state index in [0.717, 1.165) is 22.5 Å². The summed E-state index contributed by atoms with van der Waals surface area (Å²) in [6.07, 6.45) is 2.29. The fourth-order valence-corrected chi connectivity index (χ4v) is 5.27. The van der Waals surface area contributed by atoms with Crippen LogP contribution >= 0.6 is 0 Å². The van der Waals surface area contributed by atoms with Crippen LogP contribution < -0.4 is 10.1 Å². The summed E-state index contributed by atoms with van der Waals surface area (Å²) in [6.45, 7) is 2.33. The molecule has 10 heteroatoms. The fraction of sp³-hybridized carbons (Fsp3) is 0.296. The third-order valence-corrected chi connectivity index (χ3v) is 7.33. The molecule has 4 aromatic rings. The van der Waals surface area contributed by atoms with E-state index in [1.807, 2.05) is 43.0 Å². The highest BCUT2D eigenvalue weighted by molar-refractivity contribution is 6.10. The predicted octanol–water partition coefficient (Wildman–Crippen LogP) is 2.41. The number of aromatic nitrogens is 3. The maximum Gasteiger partial charge on any atom is 0.254 e. The van der Waals surface area contributed by atoms with Crippen LogP contribution in [-0.4, -0.2) is 51.0 Å². The average Bonchev–Trinajstić information content (AvgIpc) is 3.61. The zero-order valence-electron chi connectivity index (χ0n) is 20.7. The Morgan fingerprint density at radius 2 is 2.00 bits per heavy atom. The SMILES string of the molecule is COc1ccc2c(c1)C(=O)N(C[C@@]1(c3cc4nc(Cc5c(C)cnn5C)ccc4o3)CC(=O)NC1=O)C2. The summed E-state index contributed by atoms with van der Waals surface area (Å²) in [7, 11) is 3.44. The normalized spacial score (nSPS) is 19.1. The van der Waals surface area contributed by atoms with Gasteiger partial charge in [0.2, 0.25) is 11.8 Å². The van der Waals surface area contributed by atoms with Gasteiger partial charge in [0.15, 0.2) is 5.58 Å². The molecule has 1 aromatic carbocycles. The number of imide groups is 1. The Morgan fingerprint density at radius 1 is 1.16 bits per heavy atom. The van der Waals surface area contributed by atoms with Gasteiger partial charge in [0, 0.05) is 49.6 Å². The van der Waals surface area contributed by atoms with Gasteiger partial charge in [0.25, 0.3) is 5.91 Å². The highest BCUT2D eigenvalue weighted by Gasteiger charge is 2.53. The van der Waals surface area contributed by atoms with E-state index < -0.39 is 17.2 Å². The summed E-state index contributed by atoms with van der Waals surface area (Å²) in [5.74, 6) is -0.213. The molecule has 3 amide bonds. The van der Waals surface area contributed by atoms with Crippen LogP contribution in [0, 0.1) is 6.92 Å². The van der Waals surface area contributed by atoms with E-state index in [2.05, 4.69) is 10.4 Å². The van der Waals surface area contributed by atoms with Gasteiger partial charge in [-0.3, -0.25) is 24.4 Å². The lowest BCUT2D eigenvalue weighted by atomic mass is 9.82. The molecule has 1 atom stereocenters. The number of aryl methyl sites for hydroxylation is 2. The second-order valence-corrected chi connectivity index (χ2v) is 9.69. The molecule has 2 aliphatic rings.